The molecule has 1 unspecified atom stereocenters. The van der Waals surface area contributed by atoms with Crippen LogP contribution in [0.3, 0.4) is 0 Å². The molecule has 0 aromatic rings. The second kappa shape index (κ2) is 6.03. The molecule has 1 atom stereocenters. The first kappa shape index (κ1) is 13.2. The third kappa shape index (κ3) is 3.63. The van der Waals surface area contributed by atoms with E-state index in [2.05, 4.69) is 0 Å². The molecular formula is C11H17NO3S. The van der Waals surface area contributed by atoms with Gasteiger partial charge in [0.1, 0.15) is 5.78 Å². The first-order valence-corrected chi connectivity index (χ1v) is 6.59. The zero-order valence-corrected chi connectivity index (χ0v) is 10.5. The van der Waals surface area contributed by atoms with Gasteiger partial charge in [-0.25, -0.2) is 0 Å². The van der Waals surface area contributed by atoms with E-state index in [1.54, 1.807) is 25.6 Å². The Morgan fingerprint density at radius 2 is 2.19 bits per heavy atom. The molecule has 0 radical (unpaired) electrons. The second-order valence-electron chi connectivity index (χ2n) is 4.10. The van der Waals surface area contributed by atoms with Crippen molar-refractivity contribution in [3.05, 3.63) is 0 Å². The number of Topliss-reactive ketones (excluding diaryl/α,β-unsaturated/α-hetero) is 1. The Bertz CT molecular complexity index is 304. The summed E-state index contributed by atoms with van der Waals surface area (Å²) < 4.78 is 0. The summed E-state index contributed by atoms with van der Waals surface area (Å²) in [5, 5.41) is 0. The van der Waals surface area contributed by atoms with E-state index in [9.17, 15) is 14.4 Å². The Balaban J connectivity index is 2.20. The number of rotatable bonds is 6. The van der Waals surface area contributed by atoms with Gasteiger partial charge in [0.05, 0.1) is 5.75 Å². The zero-order valence-electron chi connectivity index (χ0n) is 9.69. The minimum Gasteiger partial charge on any atom is -0.299 e. The van der Waals surface area contributed by atoms with Crippen LogP contribution < -0.4 is 0 Å². The lowest BCUT2D eigenvalue weighted by Crippen LogP contribution is -2.31. The average Bonchev–Trinajstić information content (AvgIpc) is 2.43. The number of ketones is 1. The van der Waals surface area contributed by atoms with Crippen LogP contribution in [0.25, 0.3) is 0 Å². The molecule has 0 N–H and O–H groups in total. The first-order valence-electron chi connectivity index (χ1n) is 5.43. The Hall–Kier alpha value is -0.840. The summed E-state index contributed by atoms with van der Waals surface area (Å²) >= 11 is 1.55. The molecule has 1 aliphatic rings. The molecule has 90 valence electrons. The van der Waals surface area contributed by atoms with E-state index in [0.29, 0.717) is 18.7 Å². The molecule has 1 rings (SSSR count). The Labute approximate surface area is 99.8 Å². The van der Waals surface area contributed by atoms with Crippen molar-refractivity contribution in [2.45, 2.75) is 26.7 Å². The number of amides is 2. The maximum absolute atomic E-state index is 11.5. The normalized spacial score (nSPS) is 20.6. The minimum atomic E-state index is -0.155. The van der Waals surface area contributed by atoms with Crippen LogP contribution in [0.2, 0.25) is 0 Å². The molecule has 1 heterocycles. The number of likely N-dealkylation sites (tertiary alicyclic amines) is 1. The molecule has 5 heteroatoms. The van der Waals surface area contributed by atoms with Crippen molar-refractivity contribution in [1.82, 2.24) is 4.90 Å². The largest absolute Gasteiger partial charge is 0.299 e. The van der Waals surface area contributed by atoms with Crippen molar-refractivity contribution in [2.24, 2.45) is 5.92 Å². The maximum Gasteiger partial charge on any atom is 0.232 e. The monoisotopic (exact) mass is 243 g/mol. The van der Waals surface area contributed by atoms with Crippen LogP contribution in [0, 0.1) is 5.92 Å². The molecule has 0 aliphatic carbocycles. The van der Waals surface area contributed by atoms with Crippen molar-refractivity contribution >= 4 is 29.4 Å². The molecule has 4 nitrogen and oxygen atoms in total. The van der Waals surface area contributed by atoms with Crippen LogP contribution in [-0.2, 0) is 14.4 Å². The predicted octanol–water partition coefficient (Wildman–Crippen LogP) is 1.09. The third-order valence-corrected chi connectivity index (χ3v) is 3.63. The average molecular weight is 243 g/mol. The number of carbonyl (C=O) groups excluding carboxylic acids is 3. The summed E-state index contributed by atoms with van der Waals surface area (Å²) in [5.74, 6) is 1.21. The van der Waals surface area contributed by atoms with Gasteiger partial charge in [-0.3, -0.25) is 19.3 Å². The molecule has 16 heavy (non-hydrogen) atoms. The molecule has 2 amide bonds. The number of nitrogens with zero attached hydrogens (tertiary/aromatic N) is 1. The third-order valence-electron chi connectivity index (χ3n) is 2.45. The molecular weight excluding hydrogens is 226 g/mol. The summed E-state index contributed by atoms with van der Waals surface area (Å²) in [5.41, 5.74) is 0. The Morgan fingerprint density at radius 1 is 1.50 bits per heavy atom. The molecule has 1 fully saturated rings. The van der Waals surface area contributed by atoms with Crippen LogP contribution >= 0.6 is 11.8 Å². The van der Waals surface area contributed by atoms with E-state index in [1.807, 2.05) is 0 Å². The van der Waals surface area contributed by atoms with E-state index < -0.39 is 0 Å². The van der Waals surface area contributed by atoms with Gasteiger partial charge in [-0.1, -0.05) is 6.92 Å². The highest BCUT2D eigenvalue weighted by molar-refractivity contribution is 7.99. The topological polar surface area (TPSA) is 54.5 Å². The van der Waals surface area contributed by atoms with Crippen LogP contribution in [0.4, 0.5) is 0 Å². The van der Waals surface area contributed by atoms with Gasteiger partial charge in [-0.15, -0.1) is 0 Å². The summed E-state index contributed by atoms with van der Waals surface area (Å²) in [6.07, 6.45) is 1.11. The predicted molar refractivity (Wildman–Crippen MR) is 63.1 cm³/mol. The Kier molecular flexibility index (Phi) is 4.99. The van der Waals surface area contributed by atoms with Gasteiger partial charge in [0.2, 0.25) is 11.8 Å². The first-order chi connectivity index (χ1) is 7.52. The lowest BCUT2D eigenvalue weighted by atomic mass is 10.1. The lowest BCUT2D eigenvalue weighted by molar-refractivity contribution is -0.139. The number of hydrogen-bond acceptors (Lipinski definition) is 4. The van der Waals surface area contributed by atoms with Gasteiger partial charge in [-0.2, -0.15) is 11.8 Å². The van der Waals surface area contributed by atoms with E-state index in [0.717, 1.165) is 12.2 Å². The summed E-state index contributed by atoms with van der Waals surface area (Å²) in [6, 6.07) is 0. The summed E-state index contributed by atoms with van der Waals surface area (Å²) in [6.45, 7) is 3.83. The van der Waals surface area contributed by atoms with E-state index >= 15 is 0 Å². The lowest BCUT2D eigenvalue weighted by Gasteiger charge is -2.13. The second-order valence-corrected chi connectivity index (χ2v) is 5.20. The van der Waals surface area contributed by atoms with Crippen molar-refractivity contribution in [3.8, 4) is 0 Å². The fourth-order valence-electron chi connectivity index (χ4n) is 1.62. The number of thioether (sulfide) groups is 1. The smallest absolute Gasteiger partial charge is 0.232 e. The number of hydrogen-bond donors (Lipinski definition) is 0. The van der Waals surface area contributed by atoms with Crippen molar-refractivity contribution < 1.29 is 14.4 Å². The summed E-state index contributed by atoms with van der Waals surface area (Å²) in [7, 11) is 0. The highest BCUT2D eigenvalue weighted by Gasteiger charge is 2.34. The molecule has 0 bridgehead atoms. The molecule has 0 aromatic heterocycles. The zero-order chi connectivity index (χ0) is 12.1. The standard InChI is InChI=1S/C11H17NO3S/c1-8-6-10(14)12(11(8)15)4-3-5-16-7-9(2)13/h8H,3-7H2,1-2H3. The number of imide groups is 1. The quantitative estimate of drug-likeness (QED) is 0.517. The van der Waals surface area contributed by atoms with Gasteiger partial charge < -0.3 is 0 Å². The minimum absolute atomic E-state index is 0.0541. The van der Waals surface area contributed by atoms with E-state index in [-0.39, 0.29) is 23.5 Å². The van der Waals surface area contributed by atoms with Crippen LogP contribution in [0.5, 0.6) is 0 Å². The van der Waals surface area contributed by atoms with Crippen molar-refractivity contribution in [1.29, 1.82) is 0 Å². The van der Waals surface area contributed by atoms with E-state index in [4.69, 9.17) is 0 Å². The van der Waals surface area contributed by atoms with Crippen molar-refractivity contribution in [3.63, 3.8) is 0 Å². The van der Waals surface area contributed by atoms with Crippen LogP contribution in [-0.4, -0.2) is 40.5 Å². The fraction of sp³-hybridized carbons (Fsp3) is 0.727. The van der Waals surface area contributed by atoms with Crippen LogP contribution in [0.15, 0.2) is 0 Å². The molecule has 0 aromatic carbocycles. The number of carbonyl (C=O) groups is 3. The highest BCUT2D eigenvalue weighted by Crippen LogP contribution is 2.19. The molecule has 1 aliphatic heterocycles. The highest BCUT2D eigenvalue weighted by atomic mass is 32.2. The van der Waals surface area contributed by atoms with Gasteiger partial charge in [0.15, 0.2) is 0 Å². The fourth-order valence-corrected chi connectivity index (χ4v) is 2.39. The SMILES string of the molecule is CC(=O)CSCCCN1C(=O)CC(C)C1=O. The van der Waals surface area contributed by atoms with Gasteiger partial charge in [0, 0.05) is 18.9 Å². The van der Waals surface area contributed by atoms with E-state index in [1.165, 1.54) is 4.90 Å². The maximum atomic E-state index is 11.5. The van der Waals surface area contributed by atoms with Crippen molar-refractivity contribution in [2.75, 3.05) is 18.1 Å². The molecule has 0 spiro atoms. The molecule has 1 saturated heterocycles. The summed E-state index contributed by atoms with van der Waals surface area (Å²) in [4.78, 5) is 35.0. The van der Waals surface area contributed by atoms with Gasteiger partial charge in [-0.05, 0) is 19.1 Å². The molecule has 0 saturated carbocycles. The van der Waals surface area contributed by atoms with Crippen LogP contribution in [0.1, 0.15) is 26.7 Å². The van der Waals surface area contributed by atoms with Gasteiger partial charge in [0.25, 0.3) is 0 Å². The van der Waals surface area contributed by atoms with Gasteiger partial charge >= 0.3 is 0 Å². The Morgan fingerprint density at radius 3 is 2.69 bits per heavy atom.